The zero-order valence-electron chi connectivity index (χ0n) is 22.2. The molecule has 35 heavy (non-hydrogen) atoms. The minimum atomic E-state index is -0.457. The molecule has 1 aromatic rings. The van der Waals surface area contributed by atoms with Crippen LogP contribution in [0, 0.1) is 11.3 Å². The molecule has 1 aliphatic heterocycles. The van der Waals surface area contributed by atoms with Crippen LogP contribution in [0.4, 0.5) is 0 Å². The molecule has 1 fully saturated rings. The normalized spacial score (nSPS) is 21.2. The molecule has 0 saturated heterocycles. The number of carbonyl (C=O) groups is 1. The SMILES string of the molecule is CCCCCCCCC1C=CC(C=C(C)c2ccc(C(=O)OC)o2)=C2N=C3CCCC(C)(C)C3=C21. The minimum Gasteiger partial charge on any atom is -0.463 e. The zero-order chi connectivity index (χ0) is 25.0. The van der Waals surface area contributed by atoms with Crippen LogP contribution in [-0.2, 0) is 4.74 Å². The highest BCUT2D eigenvalue weighted by atomic mass is 16.5. The van der Waals surface area contributed by atoms with Gasteiger partial charge in [-0.3, -0.25) is 4.99 Å². The summed E-state index contributed by atoms with van der Waals surface area (Å²) in [5.74, 6) is 0.889. The fraction of sp³-hybridized carbons (Fsp3) is 0.548. The first kappa shape index (κ1) is 25.5. The van der Waals surface area contributed by atoms with E-state index in [2.05, 4.69) is 39.0 Å². The van der Waals surface area contributed by atoms with Gasteiger partial charge in [0.1, 0.15) is 5.76 Å². The first-order valence-electron chi connectivity index (χ1n) is 13.5. The summed E-state index contributed by atoms with van der Waals surface area (Å²) >= 11 is 0. The summed E-state index contributed by atoms with van der Waals surface area (Å²) in [5.41, 5.74) is 7.71. The molecule has 4 heteroatoms. The molecule has 1 saturated carbocycles. The molecule has 1 aromatic heterocycles. The number of carbonyl (C=O) groups excluding carboxylic acids is 1. The molecular formula is C31H41NO3. The fourth-order valence-corrected chi connectivity index (χ4v) is 5.83. The smallest absolute Gasteiger partial charge is 0.373 e. The standard InChI is InChI=1S/C31H41NO3/c1-6-7-8-9-10-11-13-22-15-16-23(20-21(2)25-17-18-26(35-25)30(33)34-5)29-27(22)28-24(32-29)14-12-19-31(28,3)4/h15-18,20,22H,6-14,19H2,1-5H3. The van der Waals surface area contributed by atoms with Gasteiger partial charge in [-0.2, -0.15) is 0 Å². The Labute approximate surface area is 210 Å². The van der Waals surface area contributed by atoms with Crippen molar-refractivity contribution in [2.24, 2.45) is 16.3 Å². The number of hydrogen-bond donors (Lipinski definition) is 0. The molecule has 3 aliphatic rings. The van der Waals surface area contributed by atoms with Gasteiger partial charge in [-0.15, -0.1) is 0 Å². The van der Waals surface area contributed by atoms with E-state index in [1.165, 1.54) is 81.8 Å². The molecule has 2 aliphatic carbocycles. The van der Waals surface area contributed by atoms with E-state index in [1.807, 2.05) is 13.0 Å². The van der Waals surface area contributed by atoms with E-state index in [1.54, 1.807) is 6.07 Å². The van der Waals surface area contributed by atoms with E-state index in [0.717, 1.165) is 23.3 Å². The number of furan rings is 1. The van der Waals surface area contributed by atoms with Gasteiger partial charge in [-0.05, 0) is 73.0 Å². The molecule has 4 rings (SSSR count). The van der Waals surface area contributed by atoms with E-state index < -0.39 is 5.97 Å². The Morgan fingerprint density at radius 2 is 1.91 bits per heavy atom. The Morgan fingerprint density at radius 3 is 2.69 bits per heavy atom. The second-order valence-electron chi connectivity index (χ2n) is 10.9. The summed E-state index contributed by atoms with van der Waals surface area (Å²) in [5, 5.41) is 0. The number of allylic oxidation sites excluding steroid dienone is 7. The van der Waals surface area contributed by atoms with Crippen LogP contribution in [-0.4, -0.2) is 18.8 Å². The molecule has 1 atom stereocenters. The summed E-state index contributed by atoms with van der Waals surface area (Å²) < 4.78 is 10.5. The molecule has 0 aromatic carbocycles. The van der Waals surface area contributed by atoms with Gasteiger partial charge in [0.15, 0.2) is 0 Å². The lowest BCUT2D eigenvalue weighted by atomic mass is 9.68. The van der Waals surface area contributed by atoms with Crippen molar-refractivity contribution in [2.45, 2.75) is 91.9 Å². The third-order valence-corrected chi connectivity index (χ3v) is 7.73. The van der Waals surface area contributed by atoms with Crippen molar-refractivity contribution < 1.29 is 13.9 Å². The van der Waals surface area contributed by atoms with Gasteiger partial charge in [0, 0.05) is 17.2 Å². The monoisotopic (exact) mass is 475 g/mol. The maximum absolute atomic E-state index is 11.8. The average Bonchev–Trinajstić information content (AvgIpc) is 3.48. The number of nitrogens with zero attached hydrogens (tertiary/aromatic N) is 1. The van der Waals surface area contributed by atoms with Crippen molar-refractivity contribution in [3.05, 3.63) is 64.3 Å². The second-order valence-corrected chi connectivity index (χ2v) is 10.9. The molecule has 0 N–H and O–H groups in total. The largest absolute Gasteiger partial charge is 0.463 e. The summed E-state index contributed by atoms with van der Waals surface area (Å²) in [6.45, 7) is 9.08. The number of fused-ring (bicyclic) bond motifs is 2. The third kappa shape index (κ3) is 5.47. The summed E-state index contributed by atoms with van der Waals surface area (Å²) in [6, 6.07) is 3.50. The number of ether oxygens (including phenoxy) is 1. The minimum absolute atomic E-state index is 0.166. The van der Waals surface area contributed by atoms with Crippen molar-refractivity contribution in [1.29, 1.82) is 0 Å². The number of hydrogen-bond acceptors (Lipinski definition) is 4. The van der Waals surface area contributed by atoms with Crippen LogP contribution in [0.3, 0.4) is 0 Å². The summed E-state index contributed by atoms with van der Waals surface area (Å²) in [6.07, 6.45) is 19.4. The molecule has 0 radical (unpaired) electrons. The quantitative estimate of drug-likeness (QED) is 0.251. The molecule has 2 heterocycles. The van der Waals surface area contributed by atoms with Crippen LogP contribution in [0.25, 0.3) is 5.57 Å². The van der Waals surface area contributed by atoms with Crippen molar-refractivity contribution in [1.82, 2.24) is 0 Å². The maximum atomic E-state index is 11.8. The van der Waals surface area contributed by atoms with Crippen LogP contribution < -0.4 is 0 Å². The van der Waals surface area contributed by atoms with E-state index in [4.69, 9.17) is 14.1 Å². The number of unbranched alkanes of at least 4 members (excludes halogenated alkanes) is 5. The van der Waals surface area contributed by atoms with Gasteiger partial charge in [0.05, 0.1) is 12.8 Å². The van der Waals surface area contributed by atoms with E-state index >= 15 is 0 Å². The van der Waals surface area contributed by atoms with Crippen molar-refractivity contribution in [3.8, 4) is 0 Å². The molecule has 1 unspecified atom stereocenters. The van der Waals surface area contributed by atoms with Crippen LogP contribution in [0.2, 0.25) is 0 Å². The van der Waals surface area contributed by atoms with E-state index in [9.17, 15) is 4.79 Å². The second kappa shape index (κ2) is 11.0. The van der Waals surface area contributed by atoms with Gasteiger partial charge in [-0.1, -0.05) is 71.4 Å². The number of rotatable bonds is 10. The highest BCUT2D eigenvalue weighted by molar-refractivity contribution is 6.07. The van der Waals surface area contributed by atoms with Crippen LogP contribution in [0.15, 0.2) is 62.2 Å². The summed E-state index contributed by atoms with van der Waals surface area (Å²) in [4.78, 5) is 17.1. The lowest BCUT2D eigenvalue weighted by molar-refractivity contribution is 0.0564. The highest BCUT2D eigenvalue weighted by Crippen LogP contribution is 2.50. The van der Waals surface area contributed by atoms with E-state index in [0.29, 0.717) is 11.7 Å². The van der Waals surface area contributed by atoms with Crippen LogP contribution in [0.5, 0.6) is 0 Å². The molecule has 0 spiro atoms. The van der Waals surface area contributed by atoms with Crippen LogP contribution in [0.1, 0.15) is 108 Å². The molecule has 0 amide bonds. The van der Waals surface area contributed by atoms with Gasteiger partial charge < -0.3 is 9.15 Å². The Morgan fingerprint density at radius 1 is 1.17 bits per heavy atom. The van der Waals surface area contributed by atoms with Gasteiger partial charge in [-0.25, -0.2) is 4.79 Å². The number of aliphatic imine (C=N–C) groups is 1. The Bertz CT molecular complexity index is 1110. The molecule has 0 bridgehead atoms. The predicted octanol–water partition coefficient (Wildman–Crippen LogP) is 8.62. The lowest BCUT2D eigenvalue weighted by Gasteiger charge is -2.35. The first-order chi connectivity index (χ1) is 16.9. The van der Waals surface area contributed by atoms with Crippen molar-refractivity contribution in [2.75, 3.05) is 7.11 Å². The Kier molecular flexibility index (Phi) is 7.98. The lowest BCUT2D eigenvalue weighted by Crippen LogP contribution is -2.27. The van der Waals surface area contributed by atoms with Crippen LogP contribution >= 0.6 is 0 Å². The summed E-state index contributed by atoms with van der Waals surface area (Å²) in [7, 11) is 1.36. The van der Waals surface area contributed by atoms with Gasteiger partial charge in [0.25, 0.3) is 0 Å². The zero-order valence-corrected chi connectivity index (χ0v) is 22.2. The fourth-order valence-electron chi connectivity index (χ4n) is 5.83. The predicted molar refractivity (Wildman–Crippen MR) is 143 cm³/mol. The van der Waals surface area contributed by atoms with Gasteiger partial charge in [0.2, 0.25) is 5.76 Å². The number of methoxy groups -OCH3 is 1. The van der Waals surface area contributed by atoms with E-state index in [-0.39, 0.29) is 11.2 Å². The highest BCUT2D eigenvalue weighted by Gasteiger charge is 2.40. The van der Waals surface area contributed by atoms with Crippen molar-refractivity contribution >= 4 is 17.3 Å². The first-order valence-corrected chi connectivity index (χ1v) is 13.5. The molecule has 188 valence electrons. The molecular weight excluding hydrogens is 434 g/mol. The van der Waals surface area contributed by atoms with Crippen molar-refractivity contribution in [3.63, 3.8) is 0 Å². The molecule has 4 nitrogen and oxygen atoms in total. The Hall–Kier alpha value is -2.62. The average molecular weight is 476 g/mol. The maximum Gasteiger partial charge on any atom is 0.373 e. The Balaban J connectivity index is 1.63. The number of esters is 1. The topological polar surface area (TPSA) is 51.8 Å². The van der Waals surface area contributed by atoms with Gasteiger partial charge >= 0.3 is 5.97 Å². The third-order valence-electron chi connectivity index (χ3n) is 7.73.